The molecular weight excluding hydrogens is 172 g/mol. The maximum absolute atomic E-state index is 5.75. The van der Waals surface area contributed by atoms with Crippen molar-refractivity contribution in [2.75, 3.05) is 0 Å². The predicted octanol–water partition coefficient (Wildman–Crippen LogP) is 3.64. The molecule has 0 N–H and O–H groups in total. The second-order valence-corrected chi connectivity index (χ2v) is 3.48. The lowest BCUT2D eigenvalue weighted by Crippen LogP contribution is -1.82. The van der Waals surface area contributed by atoms with Crippen molar-refractivity contribution in [1.29, 1.82) is 0 Å². The molecule has 0 aliphatic heterocycles. The van der Waals surface area contributed by atoms with Gasteiger partial charge in [-0.15, -0.1) is 0 Å². The smallest absolute Gasteiger partial charge is 0.134 e. The molecule has 0 atom stereocenters. The molecule has 1 heterocycles. The molecule has 0 amide bonds. The molecule has 0 radical (unpaired) electrons. The lowest BCUT2D eigenvalue weighted by Gasteiger charge is -1.97. The van der Waals surface area contributed by atoms with Crippen molar-refractivity contribution in [1.82, 2.24) is 0 Å². The first-order chi connectivity index (χ1) is 6.93. The molecule has 1 heteroatoms. The van der Waals surface area contributed by atoms with E-state index in [0.29, 0.717) is 5.92 Å². The standard InChI is InChI=1S/C13H10O/c1-2-6-10(5-1)13-9-11-7-3-4-8-12(11)14-13/h1-10H. The van der Waals surface area contributed by atoms with Crippen molar-refractivity contribution >= 4 is 11.0 Å². The van der Waals surface area contributed by atoms with Crippen LogP contribution in [0.4, 0.5) is 0 Å². The number of allylic oxidation sites excluding steroid dienone is 4. The van der Waals surface area contributed by atoms with E-state index < -0.39 is 0 Å². The maximum Gasteiger partial charge on any atom is 0.134 e. The summed E-state index contributed by atoms with van der Waals surface area (Å²) in [6, 6.07) is 10.2. The van der Waals surface area contributed by atoms with Gasteiger partial charge in [-0.3, -0.25) is 0 Å². The average Bonchev–Trinajstić information content (AvgIpc) is 2.86. The van der Waals surface area contributed by atoms with Gasteiger partial charge in [0.15, 0.2) is 0 Å². The van der Waals surface area contributed by atoms with Crippen LogP contribution in [-0.4, -0.2) is 0 Å². The third-order valence-electron chi connectivity index (χ3n) is 2.52. The Bertz CT molecular complexity index is 472. The van der Waals surface area contributed by atoms with Gasteiger partial charge in [-0.1, -0.05) is 42.5 Å². The molecule has 2 aromatic rings. The third kappa shape index (κ3) is 1.10. The van der Waals surface area contributed by atoms with Gasteiger partial charge in [-0.05, 0) is 12.1 Å². The Labute approximate surface area is 82.3 Å². The van der Waals surface area contributed by atoms with Gasteiger partial charge in [-0.25, -0.2) is 0 Å². The average molecular weight is 182 g/mol. The van der Waals surface area contributed by atoms with Crippen molar-refractivity contribution < 1.29 is 4.42 Å². The Balaban J connectivity index is 2.14. The van der Waals surface area contributed by atoms with Crippen LogP contribution < -0.4 is 0 Å². The molecule has 1 aliphatic carbocycles. The van der Waals surface area contributed by atoms with Gasteiger partial charge in [0, 0.05) is 5.39 Å². The molecule has 1 aliphatic rings. The monoisotopic (exact) mass is 182 g/mol. The Kier molecular flexibility index (Phi) is 1.57. The molecular formula is C13H10O. The minimum absolute atomic E-state index is 0.322. The lowest BCUT2D eigenvalue weighted by molar-refractivity contribution is 0.550. The summed E-state index contributed by atoms with van der Waals surface area (Å²) in [5.41, 5.74) is 0.969. The highest BCUT2D eigenvalue weighted by atomic mass is 16.3. The molecule has 1 nitrogen and oxygen atoms in total. The normalized spacial score (nSPS) is 15.7. The first kappa shape index (κ1) is 7.63. The van der Waals surface area contributed by atoms with Gasteiger partial charge in [0.2, 0.25) is 0 Å². The van der Waals surface area contributed by atoms with E-state index in [1.54, 1.807) is 0 Å². The summed E-state index contributed by atoms with van der Waals surface area (Å²) in [6.45, 7) is 0. The van der Waals surface area contributed by atoms with E-state index in [9.17, 15) is 0 Å². The predicted molar refractivity (Wildman–Crippen MR) is 57.2 cm³/mol. The summed E-state index contributed by atoms with van der Waals surface area (Å²) in [7, 11) is 0. The number of rotatable bonds is 1. The SMILES string of the molecule is C1=CC(c2cc3ccccc3o2)C=C1. The minimum Gasteiger partial charge on any atom is -0.460 e. The largest absolute Gasteiger partial charge is 0.460 e. The van der Waals surface area contributed by atoms with Crippen LogP contribution in [0.2, 0.25) is 0 Å². The summed E-state index contributed by atoms with van der Waals surface area (Å²) >= 11 is 0. The minimum atomic E-state index is 0.322. The van der Waals surface area contributed by atoms with Crippen molar-refractivity contribution in [3.63, 3.8) is 0 Å². The number of furan rings is 1. The van der Waals surface area contributed by atoms with Gasteiger partial charge in [-0.2, -0.15) is 0 Å². The van der Waals surface area contributed by atoms with Crippen LogP contribution in [0.1, 0.15) is 11.7 Å². The van der Waals surface area contributed by atoms with Gasteiger partial charge in [0.1, 0.15) is 11.3 Å². The van der Waals surface area contributed by atoms with Crippen LogP contribution in [0.25, 0.3) is 11.0 Å². The second kappa shape index (κ2) is 2.88. The molecule has 3 rings (SSSR count). The van der Waals surface area contributed by atoms with Crippen LogP contribution in [-0.2, 0) is 0 Å². The fourth-order valence-electron chi connectivity index (χ4n) is 1.79. The van der Waals surface area contributed by atoms with E-state index in [1.807, 2.05) is 18.2 Å². The molecule has 68 valence electrons. The Morgan fingerprint density at radius 2 is 1.79 bits per heavy atom. The van der Waals surface area contributed by atoms with E-state index in [2.05, 4.69) is 36.4 Å². The van der Waals surface area contributed by atoms with Crippen molar-refractivity contribution in [2.24, 2.45) is 0 Å². The molecule has 0 saturated heterocycles. The molecule has 0 saturated carbocycles. The number of hydrogen-bond acceptors (Lipinski definition) is 1. The highest BCUT2D eigenvalue weighted by molar-refractivity contribution is 5.78. The number of benzene rings is 1. The van der Waals surface area contributed by atoms with Gasteiger partial charge < -0.3 is 4.42 Å². The zero-order valence-corrected chi connectivity index (χ0v) is 7.68. The highest BCUT2D eigenvalue weighted by Crippen LogP contribution is 2.28. The summed E-state index contributed by atoms with van der Waals surface area (Å²) in [5, 5.41) is 1.18. The summed E-state index contributed by atoms with van der Waals surface area (Å²) in [6.07, 6.45) is 8.38. The number of fused-ring (bicyclic) bond motifs is 1. The third-order valence-corrected chi connectivity index (χ3v) is 2.52. The molecule has 0 unspecified atom stereocenters. The van der Waals surface area contributed by atoms with Crippen LogP contribution in [0.15, 0.2) is 59.1 Å². The Morgan fingerprint density at radius 3 is 2.57 bits per heavy atom. The first-order valence-corrected chi connectivity index (χ1v) is 4.77. The summed E-state index contributed by atoms with van der Waals surface area (Å²) < 4.78 is 5.75. The van der Waals surface area contributed by atoms with E-state index in [0.717, 1.165) is 11.3 Å². The summed E-state index contributed by atoms with van der Waals surface area (Å²) in [4.78, 5) is 0. The van der Waals surface area contributed by atoms with E-state index >= 15 is 0 Å². The van der Waals surface area contributed by atoms with Crippen LogP contribution in [0.5, 0.6) is 0 Å². The molecule has 0 fully saturated rings. The zero-order chi connectivity index (χ0) is 9.38. The van der Waals surface area contributed by atoms with E-state index in [1.165, 1.54) is 5.39 Å². The van der Waals surface area contributed by atoms with Crippen molar-refractivity contribution in [2.45, 2.75) is 5.92 Å². The lowest BCUT2D eigenvalue weighted by atomic mass is 10.1. The van der Waals surface area contributed by atoms with E-state index in [4.69, 9.17) is 4.42 Å². The van der Waals surface area contributed by atoms with Crippen LogP contribution in [0, 0.1) is 0 Å². The zero-order valence-electron chi connectivity index (χ0n) is 7.68. The van der Waals surface area contributed by atoms with Gasteiger partial charge in [0.05, 0.1) is 5.92 Å². The molecule has 1 aromatic carbocycles. The Hall–Kier alpha value is -1.76. The second-order valence-electron chi connectivity index (χ2n) is 3.48. The quantitative estimate of drug-likeness (QED) is 0.656. The van der Waals surface area contributed by atoms with Crippen LogP contribution >= 0.6 is 0 Å². The molecule has 0 spiro atoms. The Morgan fingerprint density at radius 1 is 1.00 bits per heavy atom. The maximum atomic E-state index is 5.75. The number of para-hydroxylation sites is 1. The topological polar surface area (TPSA) is 13.1 Å². The number of hydrogen-bond donors (Lipinski definition) is 0. The van der Waals surface area contributed by atoms with E-state index in [-0.39, 0.29) is 0 Å². The fourth-order valence-corrected chi connectivity index (χ4v) is 1.79. The van der Waals surface area contributed by atoms with Crippen LogP contribution in [0.3, 0.4) is 0 Å². The molecule has 0 bridgehead atoms. The van der Waals surface area contributed by atoms with Crippen molar-refractivity contribution in [3.8, 4) is 0 Å². The summed E-state index contributed by atoms with van der Waals surface area (Å²) in [5.74, 6) is 1.35. The molecule has 1 aromatic heterocycles. The first-order valence-electron chi connectivity index (χ1n) is 4.77. The van der Waals surface area contributed by atoms with Gasteiger partial charge in [0.25, 0.3) is 0 Å². The highest BCUT2D eigenvalue weighted by Gasteiger charge is 2.11. The van der Waals surface area contributed by atoms with Crippen molar-refractivity contribution in [3.05, 3.63) is 60.4 Å². The molecule has 14 heavy (non-hydrogen) atoms. The fraction of sp³-hybridized carbons (Fsp3) is 0.0769. The van der Waals surface area contributed by atoms with Gasteiger partial charge >= 0.3 is 0 Å².